The van der Waals surface area contributed by atoms with Crippen molar-refractivity contribution in [1.82, 2.24) is 25.1 Å². The van der Waals surface area contributed by atoms with E-state index in [1.54, 1.807) is 36.8 Å². The maximum Gasteiger partial charge on any atom is 0.409 e. The van der Waals surface area contributed by atoms with Crippen LogP contribution in [-0.4, -0.2) is 123 Å². The van der Waals surface area contributed by atoms with E-state index < -0.39 is 31.5 Å². The summed E-state index contributed by atoms with van der Waals surface area (Å²) in [7, 11) is -2.10. The van der Waals surface area contributed by atoms with Crippen LogP contribution in [0.4, 0.5) is 10.6 Å². The topological polar surface area (TPSA) is 153 Å². The van der Waals surface area contributed by atoms with Gasteiger partial charge in [0.15, 0.2) is 5.82 Å². The number of methoxy groups -OCH3 is 1. The summed E-state index contributed by atoms with van der Waals surface area (Å²) in [4.78, 5) is 54.7. The van der Waals surface area contributed by atoms with E-state index in [0.29, 0.717) is 43.9 Å². The SMILES string of the molecule is CCCCOC(=O)N1CCN(C(=O)C(CP(=O)(OCC)OCC)NC(=O)c2cc(N3CC(COC)C3)nc(-c3ccccc3)n2)CC1. The van der Waals surface area contributed by atoms with Gasteiger partial charge in [0.05, 0.1) is 32.6 Å². The highest BCUT2D eigenvalue weighted by molar-refractivity contribution is 7.54. The van der Waals surface area contributed by atoms with Gasteiger partial charge in [0.25, 0.3) is 5.91 Å². The number of carbonyl (C=O) groups is 3. The van der Waals surface area contributed by atoms with E-state index in [4.69, 9.17) is 23.5 Å². The number of rotatable bonds is 16. The molecule has 3 heterocycles. The number of nitrogens with one attached hydrogen (secondary N) is 1. The molecule has 1 aromatic heterocycles. The summed E-state index contributed by atoms with van der Waals surface area (Å²) in [5.74, 6) is 0.202. The van der Waals surface area contributed by atoms with Crippen LogP contribution >= 0.6 is 7.60 Å². The number of amides is 3. The fourth-order valence-electron chi connectivity index (χ4n) is 5.43. The van der Waals surface area contributed by atoms with Crippen molar-refractivity contribution in [3.8, 4) is 11.4 Å². The zero-order valence-corrected chi connectivity index (χ0v) is 28.7. The van der Waals surface area contributed by atoms with Crippen LogP contribution in [0.3, 0.4) is 0 Å². The van der Waals surface area contributed by atoms with Crippen molar-refractivity contribution in [3.63, 3.8) is 0 Å². The summed E-state index contributed by atoms with van der Waals surface area (Å²) in [6.45, 7) is 8.93. The average Bonchev–Trinajstić information content (AvgIpc) is 3.06. The van der Waals surface area contributed by atoms with E-state index in [1.165, 1.54) is 0 Å². The number of anilines is 1. The molecule has 15 heteroatoms. The number of piperazine rings is 1. The summed E-state index contributed by atoms with van der Waals surface area (Å²) in [6, 6.07) is 9.67. The molecule has 0 bridgehead atoms. The number of aromatic nitrogens is 2. The molecule has 2 aromatic rings. The minimum Gasteiger partial charge on any atom is -0.449 e. The fourth-order valence-corrected chi connectivity index (χ4v) is 7.20. The standard InChI is InChI=1S/C32H47N6O8P/c1-5-8-18-44-32(41)37-16-14-36(15-17-37)31(40)27(23-47(42,45-6-2)46-7-3)34-30(39)26-19-28(38-20-24(21-38)22-43-4)35-29(33-26)25-12-10-9-11-13-25/h9-13,19,24,27H,5-8,14-18,20-23H2,1-4H3,(H,34,39). The summed E-state index contributed by atoms with van der Waals surface area (Å²) in [5, 5.41) is 2.78. The van der Waals surface area contributed by atoms with Gasteiger partial charge < -0.3 is 38.5 Å². The van der Waals surface area contributed by atoms with Crippen molar-refractivity contribution in [2.24, 2.45) is 5.92 Å². The van der Waals surface area contributed by atoms with Gasteiger partial charge in [-0.1, -0.05) is 43.7 Å². The quantitative estimate of drug-likeness (QED) is 0.205. The largest absolute Gasteiger partial charge is 0.449 e. The molecule has 0 spiro atoms. The Morgan fingerprint density at radius 3 is 2.26 bits per heavy atom. The van der Waals surface area contributed by atoms with Crippen LogP contribution in [0, 0.1) is 5.92 Å². The Morgan fingerprint density at radius 2 is 1.64 bits per heavy atom. The summed E-state index contributed by atoms with van der Waals surface area (Å²) >= 11 is 0. The van der Waals surface area contributed by atoms with Gasteiger partial charge in [-0.2, -0.15) is 0 Å². The van der Waals surface area contributed by atoms with Crippen LogP contribution in [0.25, 0.3) is 11.4 Å². The van der Waals surface area contributed by atoms with Gasteiger partial charge in [-0.25, -0.2) is 14.8 Å². The van der Waals surface area contributed by atoms with Gasteiger partial charge in [0.2, 0.25) is 5.91 Å². The van der Waals surface area contributed by atoms with Crippen molar-refractivity contribution >= 4 is 31.3 Å². The van der Waals surface area contributed by atoms with Gasteiger partial charge >= 0.3 is 13.7 Å². The van der Waals surface area contributed by atoms with Crippen LogP contribution < -0.4 is 10.2 Å². The molecule has 2 aliphatic rings. The molecule has 0 radical (unpaired) electrons. The normalized spacial score (nSPS) is 16.0. The lowest BCUT2D eigenvalue weighted by Crippen LogP contribution is -2.57. The molecule has 1 atom stereocenters. The predicted octanol–water partition coefficient (Wildman–Crippen LogP) is 3.67. The van der Waals surface area contributed by atoms with Crippen molar-refractivity contribution < 1.29 is 37.5 Å². The van der Waals surface area contributed by atoms with Gasteiger partial charge in [-0.05, 0) is 20.3 Å². The van der Waals surface area contributed by atoms with E-state index in [-0.39, 0.29) is 51.2 Å². The maximum atomic E-state index is 13.9. The molecule has 4 rings (SSSR count). The number of ether oxygens (including phenoxy) is 2. The van der Waals surface area contributed by atoms with E-state index in [1.807, 2.05) is 42.2 Å². The van der Waals surface area contributed by atoms with Crippen LogP contribution in [0.15, 0.2) is 36.4 Å². The van der Waals surface area contributed by atoms with Gasteiger partial charge in [0.1, 0.15) is 17.6 Å². The van der Waals surface area contributed by atoms with Crippen molar-refractivity contribution in [2.75, 3.05) is 83.9 Å². The summed E-state index contributed by atoms with van der Waals surface area (Å²) in [6.07, 6.45) is 0.898. The Bertz CT molecular complexity index is 1370. The number of unbranched alkanes of at least 4 members (excludes halogenated alkanes) is 1. The lowest BCUT2D eigenvalue weighted by molar-refractivity contribution is -0.134. The van der Waals surface area contributed by atoms with Gasteiger partial charge in [0, 0.05) is 63.9 Å². The Hall–Kier alpha value is -3.58. The molecular formula is C32H47N6O8P. The third-order valence-corrected chi connectivity index (χ3v) is 10.0. The first-order valence-electron chi connectivity index (χ1n) is 16.3. The Labute approximate surface area is 276 Å². The van der Waals surface area contributed by atoms with Crippen molar-refractivity contribution in [3.05, 3.63) is 42.1 Å². The molecular weight excluding hydrogens is 627 g/mol. The maximum absolute atomic E-state index is 13.9. The number of hydrogen-bond acceptors (Lipinski definition) is 11. The smallest absolute Gasteiger partial charge is 0.409 e. The Balaban J connectivity index is 1.56. The lowest BCUT2D eigenvalue weighted by atomic mass is 10.0. The van der Waals surface area contributed by atoms with Crippen LogP contribution in [0.5, 0.6) is 0 Å². The molecule has 0 aliphatic carbocycles. The monoisotopic (exact) mass is 674 g/mol. The zero-order chi connectivity index (χ0) is 33.8. The lowest BCUT2D eigenvalue weighted by Gasteiger charge is -2.40. The molecule has 0 saturated carbocycles. The molecule has 2 aliphatic heterocycles. The van der Waals surface area contributed by atoms with E-state index >= 15 is 0 Å². The van der Waals surface area contributed by atoms with Crippen LogP contribution in [0.2, 0.25) is 0 Å². The number of benzene rings is 1. The zero-order valence-electron chi connectivity index (χ0n) is 27.8. The molecule has 14 nitrogen and oxygen atoms in total. The molecule has 1 unspecified atom stereocenters. The Kier molecular flexibility index (Phi) is 13.5. The average molecular weight is 675 g/mol. The number of carbonyl (C=O) groups excluding carboxylic acids is 3. The fraction of sp³-hybridized carbons (Fsp3) is 0.594. The molecule has 2 saturated heterocycles. The first kappa shape index (κ1) is 36.3. The highest BCUT2D eigenvalue weighted by Gasteiger charge is 2.38. The minimum absolute atomic E-state index is 0.0594. The van der Waals surface area contributed by atoms with Crippen LogP contribution in [0.1, 0.15) is 44.1 Å². The van der Waals surface area contributed by atoms with Crippen LogP contribution in [-0.2, 0) is 27.9 Å². The summed E-state index contributed by atoms with van der Waals surface area (Å²) in [5.41, 5.74) is 0.789. The minimum atomic E-state index is -3.76. The molecule has 2 fully saturated rings. The molecule has 1 N–H and O–H groups in total. The second-order valence-electron chi connectivity index (χ2n) is 11.5. The van der Waals surface area contributed by atoms with Crippen molar-refractivity contribution in [1.29, 1.82) is 0 Å². The molecule has 47 heavy (non-hydrogen) atoms. The first-order chi connectivity index (χ1) is 22.7. The van der Waals surface area contributed by atoms with E-state index in [9.17, 15) is 18.9 Å². The first-order valence-corrected chi connectivity index (χ1v) is 18.0. The highest BCUT2D eigenvalue weighted by atomic mass is 31.2. The third-order valence-electron chi connectivity index (χ3n) is 7.89. The van der Waals surface area contributed by atoms with Crippen molar-refractivity contribution in [2.45, 2.75) is 39.7 Å². The van der Waals surface area contributed by atoms with E-state index in [0.717, 1.165) is 18.4 Å². The number of nitrogens with zero attached hydrogens (tertiary/aromatic N) is 5. The van der Waals surface area contributed by atoms with Gasteiger partial charge in [-0.3, -0.25) is 14.2 Å². The molecule has 258 valence electrons. The molecule has 1 aromatic carbocycles. The predicted molar refractivity (Wildman–Crippen MR) is 176 cm³/mol. The van der Waals surface area contributed by atoms with E-state index in [2.05, 4.69) is 10.3 Å². The highest BCUT2D eigenvalue weighted by Crippen LogP contribution is 2.48. The molecule has 3 amide bonds. The Morgan fingerprint density at radius 1 is 0.979 bits per heavy atom. The third kappa shape index (κ3) is 9.96. The second-order valence-corrected chi connectivity index (χ2v) is 13.6. The second kappa shape index (κ2) is 17.5. The van der Waals surface area contributed by atoms with Gasteiger partial charge in [-0.15, -0.1) is 0 Å². The summed E-state index contributed by atoms with van der Waals surface area (Å²) < 4.78 is 35.2. The number of hydrogen-bond donors (Lipinski definition) is 1.